The van der Waals surface area contributed by atoms with Crippen LogP contribution in [0.2, 0.25) is 0 Å². The number of rotatable bonds is 8. The van der Waals surface area contributed by atoms with Gasteiger partial charge in [0.15, 0.2) is 23.1 Å². The summed E-state index contributed by atoms with van der Waals surface area (Å²) in [7, 11) is 0. The molecular formula is C35H36F3NO7. The van der Waals surface area contributed by atoms with Crippen molar-refractivity contribution < 1.29 is 41.9 Å². The SMILES string of the molecule is C=CCc1cc(C2C3=C(CC(C)(C)CC3=O)OC3=C2C(=O)CC(C)(C)C3)cc(OCC)c1Oc1ccc(C(F)(F)F)cc1[N+](=O)[O-]. The Kier molecular flexibility index (Phi) is 8.42. The van der Waals surface area contributed by atoms with Gasteiger partial charge in [0, 0.05) is 54.4 Å². The number of allylic oxidation sites excluding steroid dienone is 5. The number of ketones is 2. The summed E-state index contributed by atoms with van der Waals surface area (Å²) in [6, 6.07) is 5.40. The number of alkyl halides is 3. The molecule has 0 aromatic heterocycles. The van der Waals surface area contributed by atoms with Gasteiger partial charge in [-0.2, -0.15) is 13.2 Å². The fraction of sp³-hybridized carbons (Fsp3) is 0.429. The molecule has 8 nitrogen and oxygen atoms in total. The Morgan fingerprint density at radius 2 is 1.57 bits per heavy atom. The van der Waals surface area contributed by atoms with Crippen molar-refractivity contribution in [3.8, 4) is 17.2 Å². The number of nitrogens with zero attached hydrogens (tertiary/aromatic N) is 1. The summed E-state index contributed by atoms with van der Waals surface area (Å²) < 4.78 is 58.4. The molecule has 3 aliphatic rings. The van der Waals surface area contributed by atoms with Crippen LogP contribution in [0.4, 0.5) is 18.9 Å². The number of hydrogen-bond acceptors (Lipinski definition) is 7. The highest BCUT2D eigenvalue weighted by Crippen LogP contribution is 2.54. The minimum absolute atomic E-state index is 0.0519. The number of nitro benzene ring substituents is 1. The summed E-state index contributed by atoms with van der Waals surface area (Å²) >= 11 is 0. The van der Waals surface area contributed by atoms with Crippen LogP contribution >= 0.6 is 0 Å². The lowest BCUT2D eigenvalue weighted by Crippen LogP contribution is -2.37. The molecule has 0 saturated heterocycles. The van der Waals surface area contributed by atoms with Crippen LogP contribution < -0.4 is 9.47 Å². The highest BCUT2D eigenvalue weighted by Gasteiger charge is 2.48. The summed E-state index contributed by atoms with van der Waals surface area (Å²) in [4.78, 5) is 38.4. The molecule has 11 heteroatoms. The summed E-state index contributed by atoms with van der Waals surface area (Å²) in [6.45, 7) is 13.7. The van der Waals surface area contributed by atoms with Crippen LogP contribution in [0.3, 0.4) is 0 Å². The molecule has 5 rings (SSSR count). The second-order valence-corrected chi connectivity index (χ2v) is 13.6. The molecule has 2 aromatic rings. The standard InChI is InChI=1S/C35H36F3NO7/c1-7-9-19-12-20(13-26(44-8-2)32(19)46-25-11-10-21(35(36,37)38)14-22(25)39(42)43)29-30-23(40)15-33(3,4)17-27(30)45-28-18-34(5,6)16-24(41)31(28)29/h7,10-14,29H,1,8-9,15-18H2,2-6H3. The quantitative estimate of drug-likeness (QED) is 0.161. The van der Waals surface area contributed by atoms with Crippen LogP contribution in [0.5, 0.6) is 17.2 Å². The van der Waals surface area contributed by atoms with Crippen molar-refractivity contribution in [3.05, 3.63) is 92.5 Å². The Labute approximate surface area is 265 Å². The van der Waals surface area contributed by atoms with Gasteiger partial charge in [0.1, 0.15) is 11.5 Å². The zero-order valence-corrected chi connectivity index (χ0v) is 26.4. The van der Waals surface area contributed by atoms with Crippen molar-refractivity contribution in [2.75, 3.05) is 6.61 Å². The first kappa shape index (κ1) is 33.0. The number of carbonyl (C=O) groups is 2. The number of Topliss-reactive ketones (excluding diaryl/α,β-unsaturated/α-hetero) is 2. The molecule has 0 atom stereocenters. The van der Waals surface area contributed by atoms with Gasteiger partial charge in [-0.05, 0) is 47.9 Å². The molecule has 2 aromatic carbocycles. The van der Waals surface area contributed by atoms with Crippen LogP contribution in [-0.2, 0) is 26.9 Å². The molecule has 0 unspecified atom stereocenters. The lowest BCUT2D eigenvalue weighted by Gasteiger charge is -2.42. The number of carbonyl (C=O) groups excluding carboxylic acids is 2. The highest BCUT2D eigenvalue weighted by atomic mass is 19.4. The van der Waals surface area contributed by atoms with E-state index in [2.05, 4.69) is 6.58 Å². The Morgan fingerprint density at radius 3 is 2.07 bits per heavy atom. The lowest BCUT2D eigenvalue weighted by molar-refractivity contribution is -0.385. The third-order valence-electron chi connectivity index (χ3n) is 8.43. The van der Waals surface area contributed by atoms with Gasteiger partial charge in [-0.15, -0.1) is 6.58 Å². The molecule has 0 amide bonds. The zero-order valence-electron chi connectivity index (χ0n) is 26.4. The maximum atomic E-state index is 13.8. The molecule has 0 fully saturated rings. The molecule has 0 spiro atoms. The summed E-state index contributed by atoms with van der Waals surface area (Å²) in [5.41, 5.74) is -0.879. The van der Waals surface area contributed by atoms with Crippen LogP contribution in [0, 0.1) is 20.9 Å². The number of nitro groups is 1. The Bertz CT molecular complexity index is 1660. The van der Waals surface area contributed by atoms with E-state index in [9.17, 15) is 32.9 Å². The van der Waals surface area contributed by atoms with Crippen molar-refractivity contribution in [2.45, 2.75) is 78.8 Å². The summed E-state index contributed by atoms with van der Waals surface area (Å²) in [5, 5.41) is 11.8. The van der Waals surface area contributed by atoms with E-state index in [-0.39, 0.29) is 59.8 Å². The predicted octanol–water partition coefficient (Wildman–Crippen LogP) is 8.93. The first-order chi connectivity index (χ1) is 21.4. The monoisotopic (exact) mass is 639 g/mol. The van der Waals surface area contributed by atoms with Crippen LogP contribution in [0.1, 0.15) is 82.9 Å². The minimum Gasteiger partial charge on any atom is -0.490 e. The third-order valence-corrected chi connectivity index (χ3v) is 8.43. The number of benzene rings is 2. The van der Waals surface area contributed by atoms with Gasteiger partial charge in [0.25, 0.3) is 0 Å². The second-order valence-electron chi connectivity index (χ2n) is 13.6. The van der Waals surface area contributed by atoms with E-state index in [1.807, 2.05) is 27.7 Å². The maximum Gasteiger partial charge on any atom is 0.416 e. The molecule has 1 heterocycles. The molecule has 244 valence electrons. The van der Waals surface area contributed by atoms with E-state index < -0.39 is 34.0 Å². The Morgan fingerprint density at radius 1 is 0.978 bits per heavy atom. The van der Waals surface area contributed by atoms with Crippen molar-refractivity contribution in [3.63, 3.8) is 0 Å². The molecule has 0 radical (unpaired) electrons. The second kappa shape index (κ2) is 11.7. The van der Waals surface area contributed by atoms with Crippen molar-refractivity contribution >= 4 is 17.3 Å². The van der Waals surface area contributed by atoms with Crippen LogP contribution in [-0.4, -0.2) is 23.1 Å². The first-order valence-corrected chi connectivity index (χ1v) is 15.1. The fourth-order valence-corrected chi connectivity index (χ4v) is 6.58. The van der Waals surface area contributed by atoms with E-state index in [1.54, 1.807) is 25.1 Å². The predicted molar refractivity (Wildman–Crippen MR) is 164 cm³/mol. The molecule has 1 aliphatic heterocycles. The molecule has 0 saturated carbocycles. The summed E-state index contributed by atoms with van der Waals surface area (Å²) in [5.74, 6) is -0.117. The molecule has 46 heavy (non-hydrogen) atoms. The number of ether oxygens (including phenoxy) is 3. The van der Waals surface area contributed by atoms with Gasteiger partial charge in [-0.25, -0.2) is 0 Å². The van der Waals surface area contributed by atoms with Crippen molar-refractivity contribution in [1.29, 1.82) is 0 Å². The molecular weight excluding hydrogens is 603 g/mol. The fourth-order valence-electron chi connectivity index (χ4n) is 6.58. The van der Waals surface area contributed by atoms with E-state index in [0.29, 0.717) is 58.8 Å². The average molecular weight is 640 g/mol. The Hall–Kier alpha value is -4.41. The number of hydrogen-bond donors (Lipinski definition) is 0. The number of halogens is 3. The lowest BCUT2D eigenvalue weighted by atomic mass is 9.65. The van der Waals surface area contributed by atoms with Crippen molar-refractivity contribution in [2.24, 2.45) is 10.8 Å². The van der Waals surface area contributed by atoms with E-state index in [1.165, 1.54) is 0 Å². The van der Waals surface area contributed by atoms with Gasteiger partial charge >= 0.3 is 11.9 Å². The van der Waals surface area contributed by atoms with Gasteiger partial charge in [-0.1, -0.05) is 39.8 Å². The largest absolute Gasteiger partial charge is 0.490 e. The molecule has 0 N–H and O–H groups in total. The highest BCUT2D eigenvalue weighted by molar-refractivity contribution is 6.06. The van der Waals surface area contributed by atoms with E-state index in [0.717, 1.165) is 6.07 Å². The maximum absolute atomic E-state index is 13.8. The van der Waals surface area contributed by atoms with E-state index >= 15 is 0 Å². The van der Waals surface area contributed by atoms with Gasteiger partial charge < -0.3 is 14.2 Å². The first-order valence-electron chi connectivity index (χ1n) is 15.1. The van der Waals surface area contributed by atoms with Gasteiger partial charge in [-0.3, -0.25) is 19.7 Å². The zero-order chi connectivity index (χ0) is 33.8. The topological polar surface area (TPSA) is 105 Å². The minimum atomic E-state index is -4.79. The Balaban J connectivity index is 1.71. The average Bonchev–Trinajstić information content (AvgIpc) is 2.91. The smallest absolute Gasteiger partial charge is 0.416 e. The normalized spacial score (nSPS) is 19.3. The molecule has 2 aliphatic carbocycles. The van der Waals surface area contributed by atoms with Crippen LogP contribution in [0.25, 0.3) is 0 Å². The van der Waals surface area contributed by atoms with Gasteiger partial charge in [0.05, 0.1) is 17.1 Å². The summed E-state index contributed by atoms with van der Waals surface area (Å²) in [6.07, 6.45) is -1.49. The third kappa shape index (κ3) is 6.32. The van der Waals surface area contributed by atoms with Gasteiger partial charge in [0.2, 0.25) is 5.75 Å². The van der Waals surface area contributed by atoms with E-state index in [4.69, 9.17) is 14.2 Å². The van der Waals surface area contributed by atoms with Crippen LogP contribution in [0.15, 0.2) is 65.7 Å². The molecule has 0 bridgehead atoms. The van der Waals surface area contributed by atoms with Crippen molar-refractivity contribution in [1.82, 2.24) is 0 Å².